The van der Waals surface area contributed by atoms with Crippen molar-refractivity contribution in [3.05, 3.63) is 88.7 Å². The number of fused-ring (bicyclic) bond motifs is 1. The van der Waals surface area contributed by atoms with E-state index < -0.39 is 15.8 Å². The number of ether oxygens (including phenoxy) is 1. The Bertz CT molecular complexity index is 1230. The highest BCUT2D eigenvalue weighted by Crippen LogP contribution is 2.29. The van der Waals surface area contributed by atoms with Gasteiger partial charge in [-0.15, -0.1) is 0 Å². The zero-order valence-electron chi connectivity index (χ0n) is 16.2. The molecule has 0 atom stereocenters. The van der Waals surface area contributed by atoms with Gasteiger partial charge in [0.1, 0.15) is 11.6 Å². The van der Waals surface area contributed by atoms with Crippen LogP contribution in [0.5, 0.6) is 5.75 Å². The van der Waals surface area contributed by atoms with E-state index in [2.05, 4.69) is 4.72 Å². The number of rotatable bonds is 5. The molecule has 31 heavy (non-hydrogen) atoms. The normalized spacial score (nSPS) is 13.9. The summed E-state index contributed by atoms with van der Waals surface area (Å²) >= 11 is 5.83. The van der Waals surface area contributed by atoms with Crippen molar-refractivity contribution in [3.8, 4) is 5.75 Å². The van der Waals surface area contributed by atoms with Crippen LogP contribution in [0.2, 0.25) is 5.02 Å². The fraction of sp³-hybridized carbons (Fsp3) is 0.136. The van der Waals surface area contributed by atoms with Crippen molar-refractivity contribution in [2.45, 2.75) is 18.0 Å². The van der Waals surface area contributed by atoms with Crippen LogP contribution in [0.4, 0.5) is 10.1 Å². The van der Waals surface area contributed by atoms with Crippen molar-refractivity contribution >= 4 is 33.2 Å². The van der Waals surface area contributed by atoms with Gasteiger partial charge in [-0.3, -0.25) is 9.52 Å². The number of carbonyl (C=O) groups is 1. The van der Waals surface area contributed by atoms with E-state index >= 15 is 0 Å². The van der Waals surface area contributed by atoms with Crippen LogP contribution in [-0.2, 0) is 27.9 Å². The van der Waals surface area contributed by atoms with Crippen molar-refractivity contribution in [1.82, 2.24) is 4.90 Å². The lowest BCUT2D eigenvalue weighted by Gasteiger charge is -2.20. The average molecular weight is 461 g/mol. The van der Waals surface area contributed by atoms with E-state index in [1.165, 1.54) is 35.2 Å². The minimum absolute atomic E-state index is 0.0689. The molecule has 3 aromatic rings. The molecule has 4 rings (SSSR count). The highest BCUT2D eigenvalue weighted by molar-refractivity contribution is 7.92. The Labute approximate surface area is 184 Å². The second-order valence-corrected chi connectivity index (χ2v) is 9.13. The summed E-state index contributed by atoms with van der Waals surface area (Å²) in [4.78, 5) is 14.0. The Balaban J connectivity index is 1.58. The van der Waals surface area contributed by atoms with E-state index in [0.717, 1.165) is 0 Å². The summed E-state index contributed by atoms with van der Waals surface area (Å²) in [6.07, 6.45) is 0. The molecule has 0 radical (unpaired) electrons. The van der Waals surface area contributed by atoms with Crippen LogP contribution in [0.1, 0.15) is 11.1 Å². The maximum Gasteiger partial charge on any atom is 0.261 e. The Morgan fingerprint density at radius 3 is 2.55 bits per heavy atom. The van der Waals surface area contributed by atoms with Crippen LogP contribution in [0.3, 0.4) is 0 Å². The number of hydrogen-bond acceptors (Lipinski definition) is 4. The average Bonchev–Trinajstić information content (AvgIpc) is 2.88. The lowest BCUT2D eigenvalue weighted by molar-refractivity contribution is -0.133. The molecule has 160 valence electrons. The third-order valence-electron chi connectivity index (χ3n) is 4.82. The maximum atomic E-state index is 14.1. The number of nitrogens with zero attached hydrogens (tertiary/aromatic N) is 1. The number of anilines is 1. The van der Waals surface area contributed by atoms with E-state index in [4.69, 9.17) is 16.3 Å². The van der Waals surface area contributed by atoms with Gasteiger partial charge in [-0.2, -0.15) is 0 Å². The number of hydrogen-bond donors (Lipinski definition) is 1. The topological polar surface area (TPSA) is 75.7 Å². The molecule has 6 nitrogen and oxygen atoms in total. The van der Waals surface area contributed by atoms with Crippen molar-refractivity contribution in [2.24, 2.45) is 0 Å². The van der Waals surface area contributed by atoms with Crippen LogP contribution in [-0.4, -0.2) is 25.8 Å². The van der Waals surface area contributed by atoms with Gasteiger partial charge in [0, 0.05) is 34.9 Å². The van der Waals surface area contributed by atoms with Gasteiger partial charge in [-0.05, 0) is 48.5 Å². The number of amides is 1. The molecule has 1 heterocycles. The smallest absolute Gasteiger partial charge is 0.261 e. The minimum atomic E-state index is -3.82. The second-order valence-electron chi connectivity index (χ2n) is 7.01. The molecule has 0 aromatic heterocycles. The first kappa shape index (κ1) is 21.1. The van der Waals surface area contributed by atoms with Crippen molar-refractivity contribution in [2.75, 3.05) is 11.3 Å². The van der Waals surface area contributed by atoms with E-state index in [1.807, 2.05) is 0 Å². The fourth-order valence-corrected chi connectivity index (χ4v) is 4.41. The highest BCUT2D eigenvalue weighted by atomic mass is 35.5. The number of sulfonamides is 1. The summed E-state index contributed by atoms with van der Waals surface area (Å²) in [6.45, 7) is 0.0470. The third-order valence-corrected chi connectivity index (χ3v) is 6.47. The molecule has 3 aromatic carbocycles. The summed E-state index contributed by atoms with van der Waals surface area (Å²) in [7, 11) is -3.82. The molecule has 1 aliphatic heterocycles. The molecule has 0 spiro atoms. The molecule has 0 saturated carbocycles. The lowest BCUT2D eigenvalue weighted by atomic mass is 10.1. The standard InChI is InChI=1S/C22H18ClFN2O4S/c23-17-5-8-19(9-6-17)31(28,29)25-18-7-10-21-16(11-18)13-26(22(27)14-30-21)12-15-3-1-2-4-20(15)24/h1-11,25H,12-14H2. The molecule has 0 fully saturated rings. The van der Waals surface area contributed by atoms with Crippen LogP contribution < -0.4 is 9.46 Å². The molecule has 0 saturated heterocycles. The van der Waals surface area contributed by atoms with Crippen LogP contribution in [0.15, 0.2) is 71.6 Å². The first-order chi connectivity index (χ1) is 14.8. The third kappa shape index (κ3) is 4.81. The van der Waals surface area contributed by atoms with Gasteiger partial charge in [0.2, 0.25) is 0 Å². The second kappa shape index (κ2) is 8.56. The monoisotopic (exact) mass is 460 g/mol. The summed E-state index contributed by atoms with van der Waals surface area (Å²) < 4.78 is 47.4. The summed E-state index contributed by atoms with van der Waals surface area (Å²) in [5.74, 6) is -0.216. The van der Waals surface area contributed by atoms with Gasteiger partial charge in [-0.1, -0.05) is 29.8 Å². The number of nitrogens with one attached hydrogen (secondary N) is 1. The van der Waals surface area contributed by atoms with Gasteiger partial charge < -0.3 is 9.64 Å². The van der Waals surface area contributed by atoms with Gasteiger partial charge in [0.25, 0.3) is 15.9 Å². The van der Waals surface area contributed by atoms with Gasteiger partial charge in [0.05, 0.1) is 4.90 Å². The molecule has 0 bridgehead atoms. The molecule has 9 heteroatoms. The van der Waals surface area contributed by atoms with Crippen LogP contribution in [0.25, 0.3) is 0 Å². The molecule has 1 amide bonds. The van der Waals surface area contributed by atoms with Crippen molar-refractivity contribution < 1.29 is 22.3 Å². The quantitative estimate of drug-likeness (QED) is 0.619. The van der Waals surface area contributed by atoms with Gasteiger partial charge in [-0.25, -0.2) is 12.8 Å². The van der Waals surface area contributed by atoms with E-state index in [1.54, 1.807) is 36.4 Å². The number of carbonyl (C=O) groups excluding carboxylic acids is 1. The van der Waals surface area contributed by atoms with Gasteiger partial charge >= 0.3 is 0 Å². The largest absolute Gasteiger partial charge is 0.483 e. The number of benzene rings is 3. The SMILES string of the molecule is O=C1COc2ccc(NS(=O)(=O)c3ccc(Cl)cc3)cc2CN1Cc1ccccc1F. The first-order valence-corrected chi connectivity index (χ1v) is 11.2. The minimum Gasteiger partial charge on any atom is -0.483 e. The zero-order valence-corrected chi connectivity index (χ0v) is 17.8. The molecule has 0 unspecified atom stereocenters. The Kier molecular flexibility index (Phi) is 5.84. The molecular formula is C22H18ClFN2O4S. The van der Waals surface area contributed by atoms with Crippen LogP contribution in [0, 0.1) is 5.82 Å². The molecule has 1 N–H and O–H groups in total. The number of halogens is 2. The Morgan fingerprint density at radius 1 is 1.06 bits per heavy atom. The summed E-state index contributed by atoms with van der Waals surface area (Å²) in [5, 5.41) is 0.431. The van der Waals surface area contributed by atoms with E-state index in [-0.39, 0.29) is 30.5 Å². The summed E-state index contributed by atoms with van der Waals surface area (Å²) in [6, 6.07) is 16.8. The predicted octanol–water partition coefficient (Wildman–Crippen LogP) is 4.20. The lowest BCUT2D eigenvalue weighted by Crippen LogP contribution is -2.32. The zero-order chi connectivity index (χ0) is 22.0. The highest BCUT2D eigenvalue weighted by Gasteiger charge is 2.23. The van der Waals surface area contributed by atoms with E-state index in [0.29, 0.717) is 27.6 Å². The maximum absolute atomic E-state index is 14.1. The fourth-order valence-electron chi connectivity index (χ4n) is 3.24. The van der Waals surface area contributed by atoms with Gasteiger partial charge in [0.15, 0.2) is 6.61 Å². The van der Waals surface area contributed by atoms with Crippen molar-refractivity contribution in [1.29, 1.82) is 0 Å². The predicted molar refractivity (Wildman–Crippen MR) is 115 cm³/mol. The first-order valence-electron chi connectivity index (χ1n) is 9.37. The van der Waals surface area contributed by atoms with Crippen LogP contribution >= 0.6 is 11.6 Å². The Hall–Kier alpha value is -3.10. The molecular weight excluding hydrogens is 443 g/mol. The van der Waals surface area contributed by atoms with E-state index in [9.17, 15) is 17.6 Å². The molecule has 1 aliphatic rings. The Morgan fingerprint density at radius 2 is 1.81 bits per heavy atom. The molecule has 0 aliphatic carbocycles. The van der Waals surface area contributed by atoms with Crippen molar-refractivity contribution in [3.63, 3.8) is 0 Å². The summed E-state index contributed by atoms with van der Waals surface area (Å²) in [5.41, 5.74) is 1.31.